The van der Waals surface area contributed by atoms with Crippen LogP contribution in [-0.4, -0.2) is 31.5 Å². The maximum atomic E-state index is 12.9. The molecular formula is C23H26N2O3. The minimum atomic E-state index is -0.0867. The van der Waals surface area contributed by atoms with Crippen LogP contribution in [0.5, 0.6) is 5.75 Å². The summed E-state index contributed by atoms with van der Waals surface area (Å²) < 4.78 is 11.2. The van der Waals surface area contributed by atoms with Crippen LogP contribution in [0.25, 0.3) is 0 Å². The number of para-hydroxylation sites is 1. The molecule has 3 rings (SSSR count). The molecule has 0 unspecified atom stereocenters. The Kier molecular flexibility index (Phi) is 6.37. The Morgan fingerprint density at radius 1 is 0.964 bits per heavy atom. The molecule has 0 aliphatic carbocycles. The van der Waals surface area contributed by atoms with Gasteiger partial charge < -0.3 is 19.0 Å². The maximum Gasteiger partial charge on any atom is 0.261 e. The third kappa shape index (κ3) is 5.16. The molecule has 3 aromatic rings. The van der Waals surface area contributed by atoms with Crippen LogP contribution in [0.4, 0.5) is 5.69 Å². The Morgan fingerprint density at radius 3 is 2.36 bits per heavy atom. The number of ether oxygens (including phenoxy) is 1. The summed E-state index contributed by atoms with van der Waals surface area (Å²) in [5.74, 6) is 1.38. The zero-order valence-corrected chi connectivity index (χ0v) is 16.6. The lowest BCUT2D eigenvalue weighted by molar-refractivity contribution is -0.134. The first-order chi connectivity index (χ1) is 13.5. The van der Waals surface area contributed by atoms with Gasteiger partial charge in [-0.2, -0.15) is 0 Å². The predicted molar refractivity (Wildman–Crippen MR) is 110 cm³/mol. The SMILES string of the molecule is Cc1ccccc1OCC(=O)N(Cc1ccc(N(C)C)cc1)Cc1ccco1. The van der Waals surface area contributed by atoms with Crippen molar-refractivity contribution in [3.05, 3.63) is 83.8 Å². The summed E-state index contributed by atoms with van der Waals surface area (Å²) in [5.41, 5.74) is 3.18. The van der Waals surface area contributed by atoms with Gasteiger partial charge in [0, 0.05) is 26.3 Å². The molecule has 0 fully saturated rings. The molecule has 0 atom stereocenters. The van der Waals surface area contributed by atoms with Crippen molar-refractivity contribution in [2.45, 2.75) is 20.0 Å². The Labute approximate surface area is 166 Å². The Hall–Kier alpha value is -3.21. The molecule has 0 aliphatic heterocycles. The van der Waals surface area contributed by atoms with Gasteiger partial charge in [-0.05, 0) is 48.4 Å². The lowest BCUT2D eigenvalue weighted by Gasteiger charge is -2.23. The van der Waals surface area contributed by atoms with Crippen molar-refractivity contribution in [3.63, 3.8) is 0 Å². The van der Waals surface area contributed by atoms with Gasteiger partial charge >= 0.3 is 0 Å². The van der Waals surface area contributed by atoms with Crippen molar-refractivity contribution in [1.29, 1.82) is 0 Å². The van der Waals surface area contributed by atoms with Crippen LogP contribution in [0.2, 0.25) is 0 Å². The van der Waals surface area contributed by atoms with Crippen LogP contribution < -0.4 is 9.64 Å². The normalized spacial score (nSPS) is 10.5. The molecule has 1 heterocycles. The number of carbonyl (C=O) groups excluding carboxylic acids is 1. The highest BCUT2D eigenvalue weighted by molar-refractivity contribution is 5.77. The fourth-order valence-electron chi connectivity index (χ4n) is 2.89. The van der Waals surface area contributed by atoms with E-state index in [1.807, 2.05) is 74.4 Å². The summed E-state index contributed by atoms with van der Waals surface area (Å²) >= 11 is 0. The molecule has 1 aromatic heterocycles. The fourth-order valence-corrected chi connectivity index (χ4v) is 2.89. The van der Waals surface area contributed by atoms with Crippen LogP contribution in [-0.2, 0) is 17.9 Å². The summed E-state index contributed by atoms with van der Waals surface area (Å²) in [5, 5.41) is 0. The number of nitrogens with zero attached hydrogens (tertiary/aromatic N) is 2. The number of aryl methyl sites for hydroxylation is 1. The number of hydrogen-bond acceptors (Lipinski definition) is 4. The van der Waals surface area contributed by atoms with Crippen molar-refractivity contribution in [2.75, 3.05) is 25.6 Å². The van der Waals surface area contributed by atoms with E-state index in [9.17, 15) is 4.79 Å². The molecule has 0 radical (unpaired) electrons. The van der Waals surface area contributed by atoms with Gasteiger partial charge in [0.25, 0.3) is 5.91 Å². The van der Waals surface area contributed by atoms with E-state index >= 15 is 0 Å². The van der Waals surface area contributed by atoms with E-state index < -0.39 is 0 Å². The van der Waals surface area contributed by atoms with Crippen molar-refractivity contribution in [1.82, 2.24) is 4.90 Å². The molecule has 0 bridgehead atoms. The average molecular weight is 378 g/mol. The fraction of sp³-hybridized carbons (Fsp3) is 0.261. The molecule has 0 saturated carbocycles. The zero-order valence-electron chi connectivity index (χ0n) is 16.6. The number of anilines is 1. The van der Waals surface area contributed by atoms with Gasteiger partial charge in [0.05, 0.1) is 12.8 Å². The highest BCUT2D eigenvalue weighted by Crippen LogP contribution is 2.18. The minimum absolute atomic E-state index is 0.0126. The molecule has 2 aromatic carbocycles. The summed E-state index contributed by atoms with van der Waals surface area (Å²) in [4.78, 5) is 16.7. The third-order valence-electron chi connectivity index (χ3n) is 4.55. The molecule has 5 nitrogen and oxygen atoms in total. The van der Waals surface area contributed by atoms with Crippen LogP contribution in [0.1, 0.15) is 16.9 Å². The zero-order chi connectivity index (χ0) is 19.9. The number of furan rings is 1. The van der Waals surface area contributed by atoms with Gasteiger partial charge in [0.15, 0.2) is 6.61 Å². The molecule has 0 N–H and O–H groups in total. The first-order valence-corrected chi connectivity index (χ1v) is 9.28. The summed E-state index contributed by atoms with van der Waals surface area (Å²) in [6.07, 6.45) is 1.62. The molecule has 28 heavy (non-hydrogen) atoms. The molecule has 1 amide bonds. The predicted octanol–water partition coefficient (Wildman–Crippen LogP) is 4.26. The second-order valence-electron chi connectivity index (χ2n) is 6.94. The van der Waals surface area contributed by atoms with Crippen molar-refractivity contribution < 1.29 is 13.9 Å². The van der Waals surface area contributed by atoms with E-state index in [0.29, 0.717) is 13.1 Å². The van der Waals surface area contributed by atoms with Gasteiger partial charge in [-0.1, -0.05) is 30.3 Å². The smallest absolute Gasteiger partial charge is 0.261 e. The minimum Gasteiger partial charge on any atom is -0.484 e. The molecule has 146 valence electrons. The van der Waals surface area contributed by atoms with Gasteiger partial charge in [0.2, 0.25) is 0 Å². The molecule has 0 saturated heterocycles. The van der Waals surface area contributed by atoms with Gasteiger partial charge in [-0.15, -0.1) is 0 Å². The average Bonchev–Trinajstić information content (AvgIpc) is 3.20. The molecule has 0 spiro atoms. The van der Waals surface area contributed by atoms with E-state index in [-0.39, 0.29) is 12.5 Å². The Bertz CT molecular complexity index is 886. The quantitative estimate of drug-likeness (QED) is 0.587. The summed E-state index contributed by atoms with van der Waals surface area (Å²) in [6.45, 7) is 2.84. The van der Waals surface area contributed by atoms with E-state index in [1.165, 1.54) is 0 Å². The lowest BCUT2D eigenvalue weighted by atomic mass is 10.2. The standard InChI is InChI=1S/C23H26N2O3/c1-18-7-4-5-9-22(18)28-17-23(26)25(16-21-8-6-14-27-21)15-19-10-12-20(13-11-19)24(2)3/h4-14H,15-17H2,1-3H3. The third-order valence-corrected chi connectivity index (χ3v) is 4.55. The second kappa shape index (κ2) is 9.13. The van der Waals surface area contributed by atoms with Gasteiger partial charge in [0.1, 0.15) is 11.5 Å². The number of hydrogen-bond donors (Lipinski definition) is 0. The lowest BCUT2D eigenvalue weighted by Crippen LogP contribution is -2.34. The van der Waals surface area contributed by atoms with E-state index in [1.54, 1.807) is 11.2 Å². The number of carbonyl (C=O) groups is 1. The number of benzene rings is 2. The topological polar surface area (TPSA) is 45.9 Å². The number of rotatable bonds is 8. The van der Waals surface area contributed by atoms with Crippen LogP contribution in [0.3, 0.4) is 0 Å². The van der Waals surface area contributed by atoms with Gasteiger partial charge in [-0.3, -0.25) is 4.79 Å². The molecular weight excluding hydrogens is 352 g/mol. The second-order valence-corrected chi connectivity index (χ2v) is 6.94. The Balaban J connectivity index is 1.70. The van der Waals surface area contributed by atoms with E-state index in [4.69, 9.17) is 9.15 Å². The highest BCUT2D eigenvalue weighted by Gasteiger charge is 2.17. The van der Waals surface area contributed by atoms with Crippen molar-refractivity contribution in [2.24, 2.45) is 0 Å². The first-order valence-electron chi connectivity index (χ1n) is 9.28. The van der Waals surface area contributed by atoms with Crippen LogP contribution in [0.15, 0.2) is 71.3 Å². The van der Waals surface area contributed by atoms with Crippen LogP contribution >= 0.6 is 0 Å². The summed E-state index contributed by atoms with van der Waals surface area (Å²) in [7, 11) is 4.01. The van der Waals surface area contributed by atoms with E-state index in [0.717, 1.165) is 28.3 Å². The van der Waals surface area contributed by atoms with Crippen molar-refractivity contribution in [3.8, 4) is 5.75 Å². The largest absolute Gasteiger partial charge is 0.484 e. The van der Waals surface area contributed by atoms with Crippen LogP contribution in [0, 0.1) is 6.92 Å². The summed E-state index contributed by atoms with van der Waals surface area (Å²) in [6, 6.07) is 19.6. The first kappa shape index (κ1) is 19.5. The Morgan fingerprint density at radius 2 is 1.71 bits per heavy atom. The monoisotopic (exact) mass is 378 g/mol. The maximum absolute atomic E-state index is 12.9. The molecule has 5 heteroatoms. The highest BCUT2D eigenvalue weighted by atomic mass is 16.5. The van der Waals surface area contributed by atoms with Crippen molar-refractivity contribution >= 4 is 11.6 Å². The number of amides is 1. The molecule has 0 aliphatic rings. The van der Waals surface area contributed by atoms with E-state index in [2.05, 4.69) is 12.1 Å². The van der Waals surface area contributed by atoms with Gasteiger partial charge in [-0.25, -0.2) is 0 Å².